The quantitative estimate of drug-likeness (QED) is 0.779. The van der Waals surface area contributed by atoms with E-state index in [2.05, 4.69) is 38.7 Å². The van der Waals surface area contributed by atoms with Gasteiger partial charge in [-0.3, -0.25) is 4.79 Å². The SMILES string of the molecule is Cc1cc(NC(=O)CCNCc2ccccc2)ccc1Br. The van der Waals surface area contributed by atoms with Gasteiger partial charge in [0.05, 0.1) is 0 Å². The fraction of sp³-hybridized carbons (Fsp3) is 0.235. The number of nitrogens with one attached hydrogen (secondary N) is 2. The largest absolute Gasteiger partial charge is 0.326 e. The van der Waals surface area contributed by atoms with E-state index >= 15 is 0 Å². The van der Waals surface area contributed by atoms with Crippen molar-refractivity contribution in [3.63, 3.8) is 0 Å². The molecule has 0 heterocycles. The first-order valence-corrected chi connectivity index (χ1v) is 7.75. The van der Waals surface area contributed by atoms with Crippen LogP contribution in [0, 0.1) is 6.92 Å². The molecule has 0 saturated carbocycles. The second-order valence-corrected chi connectivity index (χ2v) is 5.78. The minimum Gasteiger partial charge on any atom is -0.326 e. The van der Waals surface area contributed by atoms with Crippen LogP contribution in [0.1, 0.15) is 17.5 Å². The van der Waals surface area contributed by atoms with Crippen LogP contribution in [0.5, 0.6) is 0 Å². The molecule has 0 fully saturated rings. The number of amides is 1. The standard InChI is InChI=1S/C17H19BrN2O/c1-13-11-15(7-8-16(13)18)20-17(21)9-10-19-12-14-5-3-2-4-6-14/h2-8,11,19H,9-10,12H2,1H3,(H,20,21). The minimum atomic E-state index is 0.0253. The van der Waals surface area contributed by atoms with Gasteiger partial charge >= 0.3 is 0 Å². The zero-order chi connectivity index (χ0) is 15.1. The van der Waals surface area contributed by atoms with Crippen LogP contribution < -0.4 is 10.6 Å². The number of aryl methyl sites for hydroxylation is 1. The Bertz CT molecular complexity index is 599. The number of carbonyl (C=O) groups excluding carboxylic acids is 1. The summed E-state index contributed by atoms with van der Waals surface area (Å²) < 4.78 is 1.05. The Labute approximate surface area is 133 Å². The van der Waals surface area contributed by atoms with Crippen molar-refractivity contribution in [3.8, 4) is 0 Å². The van der Waals surface area contributed by atoms with Gasteiger partial charge in [0, 0.05) is 29.7 Å². The summed E-state index contributed by atoms with van der Waals surface area (Å²) in [6.45, 7) is 3.45. The predicted molar refractivity (Wildman–Crippen MR) is 90.3 cm³/mol. The summed E-state index contributed by atoms with van der Waals surface area (Å²) in [5.41, 5.74) is 3.17. The molecule has 0 radical (unpaired) electrons. The van der Waals surface area contributed by atoms with Crippen molar-refractivity contribution in [1.82, 2.24) is 5.32 Å². The fourth-order valence-corrected chi connectivity index (χ4v) is 2.22. The average Bonchev–Trinajstić information content (AvgIpc) is 2.49. The van der Waals surface area contributed by atoms with Crippen LogP contribution in [0.25, 0.3) is 0 Å². The van der Waals surface area contributed by atoms with Crippen molar-refractivity contribution >= 4 is 27.5 Å². The van der Waals surface area contributed by atoms with E-state index < -0.39 is 0 Å². The molecule has 4 heteroatoms. The van der Waals surface area contributed by atoms with Crippen LogP contribution in [-0.4, -0.2) is 12.5 Å². The maximum Gasteiger partial charge on any atom is 0.225 e. The highest BCUT2D eigenvalue weighted by Gasteiger charge is 2.03. The molecule has 2 rings (SSSR count). The third-order valence-corrected chi connectivity index (χ3v) is 4.03. The van der Waals surface area contributed by atoms with Crippen LogP contribution in [0.15, 0.2) is 53.0 Å². The van der Waals surface area contributed by atoms with E-state index in [1.54, 1.807) is 0 Å². The molecule has 2 aromatic carbocycles. The Balaban J connectivity index is 1.71. The molecular weight excluding hydrogens is 328 g/mol. The first-order valence-electron chi connectivity index (χ1n) is 6.96. The average molecular weight is 347 g/mol. The van der Waals surface area contributed by atoms with E-state index in [0.717, 1.165) is 22.3 Å². The highest BCUT2D eigenvalue weighted by molar-refractivity contribution is 9.10. The summed E-state index contributed by atoms with van der Waals surface area (Å²) >= 11 is 3.45. The van der Waals surface area contributed by atoms with Crippen LogP contribution in [0.4, 0.5) is 5.69 Å². The first-order chi connectivity index (χ1) is 10.1. The number of anilines is 1. The molecule has 0 unspecified atom stereocenters. The van der Waals surface area contributed by atoms with Crippen LogP contribution in [0.3, 0.4) is 0 Å². The number of benzene rings is 2. The lowest BCUT2D eigenvalue weighted by Crippen LogP contribution is -2.21. The van der Waals surface area contributed by atoms with Gasteiger partial charge in [-0.2, -0.15) is 0 Å². The molecule has 0 atom stereocenters. The van der Waals surface area contributed by atoms with Gasteiger partial charge in [-0.25, -0.2) is 0 Å². The van der Waals surface area contributed by atoms with Gasteiger partial charge in [0.1, 0.15) is 0 Å². The highest BCUT2D eigenvalue weighted by atomic mass is 79.9. The summed E-state index contributed by atoms with van der Waals surface area (Å²) in [6.07, 6.45) is 0.460. The van der Waals surface area contributed by atoms with Gasteiger partial charge in [0.2, 0.25) is 5.91 Å². The van der Waals surface area contributed by atoms with Crippen molar-refractivity contribution in [2.75, 3.05) is 11.9 Å². The van der Waals surface area contributed by atoms with Gasteiger partial charge < -0.3 is 10.6 Å². The number of rotatable bonds is 6. The molecule has 0 bridgehead atoms. The first kappa shape index (κ1) is 15.7. The van der Waals surface area contributed by atoms with E-state index in [0.29, 0.717) is 13.0 Å². The number of hydrogen-bond acceptors (Lipinski definition) is 2. The van der Waals surface area contributed by atoms with Crippen LogP contribution in [0.2, 0.25) is 0 Å². The Hall–Kier alpha value is -1.65. The summed E-state index contributed by atoms with van der Waals surface area (Å²) in [5.74, 6) is 0.0253. The zero-order valence-corrected chi connectivity index (χ0v) is 13.6. The molecule has 2 aromatic rings. The molecule has 1 amide bonds. The third-order valence-electron chi connectivity index (χ3n) is 3.14. The molecule has 0 aromatic heterocycles. The van der Waals surface area contributed by atoms with Gasteiger partial charge in [-0.05, 0) is 36.2 Å². The second-order valence-electron chi connectivity index (χ2n) is 4.92. The topological polar surface area (TPSA) is 41.1 Å². The summed E-state index contributed by atoms with van der Waals surface area (Å²) in [6, 6.07) is 16.0. The summed E-state index contributed by atoms with van der Waals surface area (Å²) in [4.78, 5) is 11.9. The molecule has 0 aliphatic heterocycles. The monoisotopic (exact) mass is 346 g/mol. The van der Waals surface area contributed by atoms with Crippen molar-refractivity contribution in [1.29, 1.82) is 0 Å². The molecular formula is C17H19BrN2O. The number of halogens is 1. The molecule has 0 aliphatic carbocycles. The minimum absolute atomic E-state index is 0.0253. The normalized spacial score (nSPS) is 10.4. The van der Waals surface area contributed by atoms with Gasteiger partial charge in [0.15, 0.2) is 0 Å². The lowest BCUT2D eigenvalue weighted by atomic mass is 10.2. The van der Waals surface area contributed by atoms with Gasteiger partial charge in [0.25, 0.3) is 0 Å². The summed E-state index contributed by atoms with van der Waals surface area (Å²) in [5, 5.41) is 6.18. The molecule has 0 saturated heterocycles. The predicted octanol–water partition coefficient (Wildman–Crippen LogP) is 3.88. The van der Waals surface area contributed by atoms with Crippen molar-refractivity contribution in [3.05, 3.63) is 64.1 Å². The van der Waals surface area contributed by atoms with E-state index in [-0.39, 0.29) is 5.91 Å². The van der Waals surface area contributed by atoms with E-state index in [1.165, 1.54) is 5.56 Å². The highest BCUT2D eigenvalue weighted by Crippen LogP contribution is 2.19. The van der Waals surface area contributed by atoms with Crippen molar-refractivity contribution in [2.24, 2.45) is 0 Å². The van der Waals surface area contributed by atoms with Crippen LogP contribution >= 0.6 is 15.9 Å². The molecule has 110 valence electrons. The Morgan fingerprint density at radius 2 is 1.90 bits per heavy atom. The third kappa shape index (κ3) is 5.33. The van der Waals surface area contributed by atoms with Crippen molar-refractivity contribution < 1.29 is 4.79 Å². The smallest absolute Gasteiger partial charge is 0.225 e. The van der Waals surface area contributed by atoms with E-state index in [9.17, 15) is 4.79 Å². The zero-order valence-electron chi connectivity index (χ0n) is 12.0. The Morgan fingerprint density at radius 3 is 2.62 bits per heavy atom. The fourth-order valence-electron chi connectivity index (χ4n) is 1.98. The molecule has 3 nitrogen and oxygen atoms in total. The molecule has 0 aliphatic rings. The Kier molecular flexibility index (Phi) is 5.96. The maximum absolute atomic E-state index is 11.9. The Morgan fingerprint density at radius 1 is 1.14 bits per heavy atom. The second kappa shape index (κ2) is 7.96. The van der Waals surface area contributed by atoms with E-state index in [1.807, 2.05) is 43.3 Å². The summed E-state index contributed by atoms with van der Waals surface area (Å²) in [7, 11) is 0. The lowest BCUT2D eigenvalue weighted by Gasteiger charge is -2.08. The maximum atomic E-state index is 11.9. The number of carbonyl (C=O) groups is 1. The van der Waals surface area contributed by atoms with Gasteiger partial charge in [-0.1, -0.05) is 46.3 Å². The molecule has 0 spiro atoms. The number of hydrogen-bond donors (Lipinski definition) is 2. The van der Waals surface area contributed by atoms with E-state index in [4.69, 9.17) is 0 Å². The van der Waals surface area contributed by atoms with Gasteiger partial charge in [-0.15, -0.1) is 0 Å². The molecule has 2 N–H and O–H groups in total. The lowest BCUT2D eigenvalue weighted by molar-refractivity contribution is -0.116. The van der Waals surface area contributed by atoms with Crippen molar-refractivity contribution in [2.45, 2.75) is 19.9 Å². The van der Waals surface area contributed by atoms with Crippen LogP contribution in [-0.2, 0) is 11.3 Å². The molecule has 21 heavy (non-hydrogen) atoms.